The van der Waals surface area contributed by atoms with E-state index in [4.69, 9.17) is 0 Å². The highest BCUT2D eigenvalue weighted by atomic mass is 19.4. The minimum Gasteiger partial charge on any atom is -0.352 e. The molecule has 0 aliphatic rings. The van der Waals surface area contributed by atoms with Gasteiger partial charge in [0.2, 0.25) is 5.91 Å². The maximum Gasteiger partial charge on any atom is 0.416 e. The van der Waals surface area contributed by atoms with Gasteiger partial charge in [-0.05, 0) is 48.0 Å². The van der Waals surface area contributed by atoms with Crippen molar-refractivity contribution in [1.82, 2.24) is 19.5 Å². The number of alkyl halides is 3. The van der Waals surface area contributed by atoms with Crippen molar-refractivity contribution in [3.63, 3.8) is 0 Å². The molecule has 0 radical (unpaired) electrons. The van der Waals surface area contributed by atoms with Crippen molar-refractivity contribution in [2.45, 2.75) is 25.7 Å². The third-order valence-electron chi connectivity index (χ3n) is 5.09. The lowest BCUT2D eigenvalue weighted by Gasteiger charge is -2.09. The molecule has 0 unspecified atom stereocenters. The molecular weight excluding hydrogens is 440 g/mol. The number of benzene rings is 2. The summed E-state index contributed by atoms with van der Waals surface area (Å²) in [6, 6.07) is 11.9. The lowest BCUT2D eigenvalue weighted by atomic mass is 10.1. The normalized spacial score (nSPS) is 11.6. The Kier molecular flexibility index (Phi) is 5.99. The highest BCUT2D eigenvalue weighted by Gasteiger charge is 2.29. The summed E-state index contributed by atoms with van der Waals surface area (Å²) in [4.78, 5) is 24.9. The van der Waals surface area contributed by atoms with Crippen molar-refractivity contribution in [1.29, 1.82) is 0 Å². The van der Waals surface area contributed by atoms with E-state index in [0.717, 1.165) is 12.1 Å². The Hall–Kier alpha value is -3.95. The number of rotatable bonds is 6. The summed E-state index contributed by atoms with van der Waals surface area (Å²) in [5.74, 6) is -0.719. The van der Waals surface area contributed by atoms with E-state index in [1.54, 1.807) is 24.4 Å². The topological polar surface area (TPSA) is 68.4 Å². The van der Waals surface area contributed by atoms with Gasteiger partial charge in [0.05, 0.1) is 11.3 Å². The highest BCUT2D eigenvalue weighted by Crippen LogP contribution is 2.29. The van der Waals surface area contributed by atoms with Crippen molar-refractivity contribution >= 4 is 11.4 Å². The van der Waals surface area contributed by atoms with E-state index in [0.29, 0.717) is 22.3 Å². The van der Waals surface area contributed by atoms with Crippen LogP contribution in [0.2, 0.25) is 0 Å². The van der Waals surface area contributed by atoms with Gasteiger partial charge in [-0.15, -0.1) is 0 Å². The summed E-state index contributed by atoms with van der Waals surface area (Å²) in [7, 11) is 0. The SMILES string of the molecule is O=C(CCn1ccn2nc(-c3ccc(F)cc3)cc2c1=O)NCc1ccc(C(F)(F)F)cc1. The summed E-state index contributed by atoms with van der Waals surface area (Å²) in [6.07, 6.45) is -1.30. The van der Waals surface area contributed by atoms with E-state index in [-0.39, 0.29) is 36.8 Å². The molecule has 0 saturated heterocycles. The number of carbonyl (C=O) groups is 1. The number of halogens is 4. The fourth-order valence-corrected chi connectivity index (χ4v) is 3.29. The van der Waals surface area contributed by atoms with Gasteiger partial charge in [-0.2, -0.15) is 18.3 Å². The number of carbonyl (C=O) groups excluding carboxylic acids is 1. The zero-order valence-electron chi connectivity index (χ0n) is 17.1. The van der Waals surface area contributed by atoms with Gasteiger partial charge in [0.25, 0.3) is 5.56 Å². The molecule has 10 heteroatoms. The van der Waals surface area contributed by atoms with Crippen LogP contribution in [0.25, 0.3) is 16.8 Å². The second kappa shape index (κ2) is 8.89. The summed E-state index contributed by atoms with van der Waals surface area (Å²) in [6.45, 7) is 0.194. The van der Waals surface area contributed by atoms with Crippen LogP contribution in [0.1, 0.15) is 17.5 Å². The number of amides is 1. The molecule has 0 atom stereocenters. The lowest BCUT2D eigenvalue weighted by Crippen LogP contribution is -2.27. The van der Waals surface area contributed by atoms with Crippen LogP contribution in [-0.4, -0.2) is 20.1 Å². The molecule has 0 bridgehead atoms. The summed E-state index contributed by atoms with van der Waals surface area (Å²) >= 11 is 0. The number of hydrogen-bond acceptors (Lipinski definition) is 3. The van der Waals surface area contributed by atoms with Crippen LogP contribution in [0, 0.1) is 5.82 Å². The van der Waals surface area contributed by atoms with Crippen LogP contribution < -0.4 is 10.9 Å². The van der Waals surface area contributed by atoms with Crippen LogP contribution in [0.4, 0.5) is 17.6 Å². The van der Waals surface area contributed by atoms with E-state index in [2.05, 4.69) is 10.4 Å². The number of hydrogen-bond donors (Lipinski definition) is 1. The molecule has 2 aromatic carbocycles. The molecule has 0 saturated carbocycles. The van der Waals surface area contributed by atoms with Gasteiger partial charge in [0, 0.05) is 37.5 Å². The first-order valence-electron chi connectivity index (χ1n) is 9.98. The second-order valence-corrected chi connectivity index (χ2v) is 7.38. The first-order valence-corrected chi connectivity index (χ1v) is 9.98. The summed E-state index contributed by atoms with van der Waals surface area (Å²) in [5, 5.41) is 6.96. The van der Waals surface area contributed by atoms with Gasteiger partial charge in [0.15, 0.2) is 0 Å². The van der Waals surface area contributed by atoms with Gasteiger partial charge >= 0.3 is 6.18 Å². The first kappa shape index (κ1) is 22.3. The number of nitrogens with zero attached hydrogens (tertiary/aromatic N) is 3. The Balaban J connectivity index is 1.38. The highest BCUT2D eigenvalue weighted by molar-refractivity contribution is 5.75. The van der Waals surface area contributed by atoms with Crippen molar-refractivity contribution in [3.05, 3.63) is 94.3 Å². The molecule has 0 fully saturated rings. The van der Waals surface area contributed by atoms with Gasteiger partial charge in [-0.3, -0.25) is 9.59 Å². The molecule has 0 aliphatic heterocycles. The lowest BCUT2D eigenvalue weighted by molar-refractivity contribution is -0.137. The van der Waals surface area contributed by atoms with E-state index in [9.17, 15) is 27.2 Å². The van der Waals surface area contributed by atoms with Crippen LogP contribution >= 0.6 is 0 Å². The zero-order valence-corrected chi connectivity index (χ0v) is 17.1. The van der Waals surface area contributed by atoms with E-state index in [1.165, 1.54) is 39.5 Å². The minimum absolute atomic E-state index is 0.00959. The third kappa shape index (κ3) is 5.11. The maximum absolute atomic E-state index is 13.1. The molecular formula is C23H18F4N4O2. The Morgan fingerprint density at radius 2 is 1.70 bits per heavy atom. The van der Waals surface area contributed by atoms with Gasteiger partial charge in [-0.25, -0.2) is 8.91 Å². The molecule has 0 aliphatic carbocycles. The van der Waals surface area contributed by atoms with Gasteiger partial charge in [0.1, 0.15) is 11.3 Å². The number of aromatic nitrogens is 3. The monoisotopic (exact) mass is 458 g/mol. The molecule has 2 aromatic heterocycles. The molecule has 33 heavy (non-hydrogen) atoms. The minimum atomic E-state index is -4.41. The van der Waals surface area contributed by atoms with E-state index < -0.39 is 11.7 Å². The van der Waals surface area contributed by atoms with E-state index >= 15 is 0 Å². The Morgan fingerprint density at radius 3 is 2.36 bits per heavy atom. The van der Waals surface area contributed by atoms with Crippen LogP contribution in [0.15, 0.2) is 71.8 Å². The fourth-order valence-electron chi connectivity index (χ4n) is 3.29. The summed E-state index contributed by atoms with van der Waals surface area (Å²) in [5.41, 5.74) is 0.918. The number of fused-ring (bicyclic) bond motifs is 1. The van der Waals surface area contributed by atoms with Crippen molar-refractivity contribution in [2.24, 2.45) is 0 Å². The quantitative estimate of drug-likeness (QED) is 0.444. The largest absolute Gasteiger partial charge is 0.416 e. The van der Waals surface area contributed by atoms with E-state index in [1.807, 2.05) is 0 Å². The van der Waals surface area contributed by atoms with Crippen molar-refractivity contribution in [2.75, 3.05) is 0 Å². The van der Waals surface area contributed by atoms with Gasteiger partial charge in [-0.1, -0.05) is 12.1 Å². The predicted octanol–water partition coefficient (Wildman–Crippen LogP) is 4.03. The summed E-state index contributed by atoms with van der Waals surface area (Å²) < 4.78 is 53.8. The zero-order chi connectivity index (χ0) is 23.6. The molecule has 4 aromatic rings. The van der Waals surface area contributed by atoms with Crippen LogP contribution in [0.3, 0.4) is 0 Å². The fraction of sp³-hybridized carbons (Fsp3) is 0.174. The molecule has 4 rings (SSSR count). The molecule has 1 N–H and O–H groups in total. The third-order valence-corrected chi connectivity index (χ3v) is 5.09. The average Bonchev–Trinajstić information content (AvgIpc) is 3.23. The van der Waals surface area contributed by atoms with Crippen molar-refractivity contribution in [3.8, 4) is 11.3 Å². The van der Waals surface area contributed by atoms with Crippen molar-refractivity contribution < 1.29 is 22.4 Å². The number of aryl methyl sites for hydroxylation is 1. The Morgan fingerprint density at radius 1 is 1.00 bits per heavy atom. The second-order valence-electron chi connectivity index (χ2n) is 7.38. The smallest absolute Gasteiger partial charge is 0.352 e. The molecule has 170 valence electrons. The Labute approximate surface area is 185 Å². The standard InChI is InChI=1S/C23H18F4N4O2/c24-18-7-3-16(4-8-18)19-13-20-22(33)30(11-12-31(20)29-19)10-9-21(32)28-14-15-1-5-17(6-2-15)23(25,26)27/h1-8,11-13H,9-10,14H2,(H,28,32). The van der Waals surface area contributed by atoms with Crippen LogP contribution in [0.5, 0.6) is 0 Å². The maximum atomic E-state index is 13.1. The molecule has 0 spiro atoms. The molecule has 2 heterocycles. The number of nitrogens with one attached hydrogen (secondary N) is 1. The van der Waals surface area contributed by atoms with Crippen LogP contribution in [-0.2, 0) is 24.1 Å². The van der Waals surface area contributed by atoms with Gasteiger partial charge < -0.3 is 9.88 Å². The molecule has 1 amide bonds. The first-order chi connectivity index (χ1) is 15.7. The Bertz CT molecular complexity index is 1340. The average molecular weight is 458 g/mol. The molecule has 6 nitrogen and oxygen atoms in total. The predicted molar refractivity (Wildman–Crippen MR) is 113 cm³/mol.